The molecule has 4 rings (SSSR count). The van der Waals surface area contributed by atoms with Crippen molar-refractivity contribution in [1.82, 2.24) is 20.0 Å². The van der Waals surface area contributed by atoms with Crippen LogP contribution in [0.2, 0.25) is 0 Å². The zero-order valence-electron chi connectivity index (χ0n) is 22.0. The molecule has 3 aromatic rings. The van der Waals surface area contributed by atoms with Gasteiger partial charge in [0.25, 0.3) is 0 Å². The molecular weight excluding hydrogens is 513 g/mol. The number of halogens is 3. The quantitative estimate of drug-likeness (QED) is 0.171. The summed E-state index contributed by atoms with van der Waals surface area (Å²) in [5, 5.41) is 7.96. The number of nitrogens with zero attached hydrogens (tertiary/aromatic N) is 3. The minimum atomic E-state index is -4.68. The van der Waals surface area contributed by atoms with E-state index in [0.29, 0.717) is 16.7 Å². The average Bonchev–Trinajstić information content (AvgIpc) is 2.89. The summed E-state index contributed by atoms with van der Waals surface area (Å²) in [5.74, 6) is 7.11. The Morgan fingerprint density at radius 3 is 2.42 bits per heavy atom. The third-order valence-corrected chi connectivity index (χ3v) is 6.65. The molecule has 0 fully saturated rings. The predicted molar refractivity (Wildman–Crippen MR) is 153 cm³/mol. The Bertz CT molecular complexity index is 1240. The van der Waals surface area contributed by atoms with Crippen LogP contribution in [0.1, 0.15) is 66.6 Å². The summed E-state index contributed by atoms with van der Waals surface area (Å²) in [7, 11) is 1.90. The van der Waals surface area contributed by atoms with Gasteiger partial charge >= 0.3 is 6.36 Å². The van der Waals surface area contributed by atoms with Gasteiger partial charge in [0.05, 0.1) is 5.69 Å². The van der Waals surface area contributed by atoms with Crippen LogP contribution in [0.15, 0.2) is 54.6 Å². The highest BCUT2D eigenvalue weighted by Crippen LogP contribution is 2.32. The van der Waals surface area contributed by atoms with E-state index in [1.165, 1.54) is 36.1 Å². The van der Waals surface area contributed by atoms with Crippen molar-refractivity contribution in [2.45, 2.75) is 58.7 Å². The number of alkyl halides is 3. The summed E-state index contributed by atoms with van der Waals surface area (Å²) in [6.45, 7) is 6.49. The molecule has 38 heavy (non-hydrogen) atoms. The Morgan fingerprint density at radius 1 is 1.21 bits per heavy atom. The molecular formula is C27H39F3N6OS. The molecule has 1 heterocycles. The van der Waals surface area contributed by atoms with Crippen molar-refractivity contribution >= 4 is 28.6 Å². The maximum Gasteiger partial charge on any atom is 0.573 e. The van der Waals surface area contributed by atoms with E-state index in [4.69, 9.17) is 18.1 Å². The number of hydrazine groups is 1. The second-order valence-electron chi connectivity index (χ2n) is 9.40. The number of ether oxygens (including phenoxy) is 1. The van der Waals surface area contributed by atoms with Crippen LogP contribution in [-0.2, 0) is 7.05 Å². The first-order valence-corrected chi connectivity index (χ1v) is 13.0. The third-order valence-electron chi connectivity index (χ3n) is 6.43. The highest BCUT2D eigenvalue weighted by Gasteiger charge is 2.31. The number of nitrogens with two attached hydrogens (primary N) is 1. The van der Waals surface area contributed by atoms with Crippen molar-refractivity contribution in [1.29, 1.82) is 0 Å². The molecule has 210 valence electrons. The van der Waals surface area contributed by atoms with Crippen molar-refractivity contribution in [2.75, 3.05) is 5.32 Å². The van der Waals surface area contributed by atoms with E-state index in [9.17, 15) is 13.2 Å². The first-order chi connectivity index (χ1) is 18.0. The molecule has 7 nitrogen and oxygen atoms in total. The second-order valence-corrected chi connectivity index (χ2v) is 9.81. The fourth-order valence-electron chi connectivity index (χ4n) is 4.29. The molecule has 0 saturated heterocycles. The lowest BCUT2D eigenvalue weighted by molar-refractivity contribution is -0.274. The smallest absolute Gasteiger partial charge is 0.406 e. The number of para-hydroxylation sites is 1. The van der Waals surface area contributed by atoms with Crippen LogP contribution in [-0.4, -0.2) is 26.1 Å². The van der Waals surface area contributed by atoms with Crippen molar-refractivity contribution in [2.24, 2.45) is 18.8 Å². The van der Waals surface area contributed by atoms with Gasteiger partial charge in [-0.2, -0.15) is 4.80 Å². The van der Waals surface area contributed by atoms with Gasteiger partial charge in [0.1, 0.15) is 5.75 Å². The molecule has 0 spiro atoms. The Hall–Kier alpha value is -3.31. The summed E-state index contributed by atoms with van der Waals surface area (Å²) in [6, 6.07) is 13.7. The molecule has 1 aliphatic rings. The molecule has 1 aliphatic carbocycles. The lowest BCUT2D eigenvalue weighted by atomic mass is 9.87. The van der Waals surface area contributed by atoms with Crippen LogP contribution in [0.4, 0.5) is 18.9 Å². The Balaban J connectivity index is 0.000000433. The number of hydrogen-bond donors (Lipinski definition) is 3. The number of thiocarbonyl (C=S) groups is 1. The molecule has 0 saturated carbocycles. The topological polar surface area (TPSA) is 82.1 Å². The van der Waals surface area contributed by atoms with E-state index >= 15 is 0 Å². The van der Waals surface area contributed by atoms with E-state index in [-0.39, 0.29) is 8.60 Å². The number of benzene rings is 2. The summed E-state index contributed by atoms with van der Waals surface area (Å²) in [6.07, 6.45) is 2.06. The molecule has 0 amide bonds. The van der Waals surface area contributed by atoms with Gasteiger partial charge in [-0.3, -0.25) is 0 Å². The lowest BCUT2D eigenvalue weighted by Gasteiger charge is -2.26. The molecule has 4 N–H and O–H groups in total. The van der Waals surface area contributed by atoms with Crippen LogP contribution in [0, 0.1) is 5.92 Å². The number of aromatic nitrogens is 3. The first kappa shape index (κ1) is 29.2. The number of hydrogen-bond acceptors (Lipinski definition) is 4. The largest absolute Gasteiger partial charge is 0.573 e. The molecule has 2 aromatic carbocycles. The number of anilines is 1. The second kappa shape index (κ2) is 13.0. The fourth-order valence-corrected chi connectivity index (χ4v) is 4.40. The summed E-state index contributed by atoms with van der Waals surface area (Å²) in [4.78, 5) is 1.67. The SMILES string of the molecule is CC(C)c1ccccc1NC(=S)NN.CCC1CC=C(c2nn(-c3ccc(OC(F)(F)F)cc3)n2C)CC1.[HH].[HH]. The average molecular weight is 553 g/mol. The van der Waals surface area contributed by atoms with Gasteiger partial charge in [0, 0.05) is 15.6 Å². The monoisotopic (exact) mass is 552 g/mol. The van der Waals surface area contributed by atoms with Gasteiger partial charge in [-0.05, 0) is 84.8 Å². The maximum atomic E-state index is 12.2. The normalized spacial score (nSPS) is 15.4. The number of allylic oxidation sites excluding steroid dienone is 2. The van der Waals surface area contributed by atoms with Crippen LogP contribution >= 0.6 is 12.2 Å². The van der Waals surface area contributed by atoms with E-state index < -0.39 is 6.36 Å². The standard InChI is InChI=1S/C17H20F3N3O.C10H15N3S.2H2/c1-3-12-4-6-13(7-5-12)16-21-23(22(16)2)14-8-10-15(11-9-14)24-17(18,19)20;1-7(2)8-5-3-4-6-9(8)12-10(14)13-11;;/h6,8-12H,3-5,7H2,1-2H3;3-7H,11H2,1-2H3,(H2,12,13,14);2*1H. The van der Waals surface area contributed by atoms with Gasteiger partial charge < -0.3 is 15.5 Å². The Morgan fingerprint density at radius 2 is 1.89 bits per heavy atom. The molecule has 0 bridgehead atoms. The Labute approximate surface area is 229 Å². The highest BCUT2D eigenvalue weighted by molar-refractivity contribution is 7.80. The minimum Gasteiger partial charge on any atom is -0.406 e. The van der Waals surface area contributed by atoms with Crippen LogP contribution in [0.5, 0.6) is 5.75 Å². The van der Waals surface area contributed by atoms with Crippen molar-refractivity contribution in [3.05, 3.63) is 66.0 Å². The van der Waals surface area contributed by atoms with E-state index in [1.54, 1.807) is 16.9 Å². The zero-order chi connectivity index (χ0) is 27.9. The number of nitrogens with one attached hydrogen (secondary N) is 2. The van der Waals surface area contributed by atoms with E-state index in [0.717, 1.165) is 30.3 Å². The van der Waals surface area contributed by atoms with Gasteiger partial charge in [-0.15, -0.1) is 18.3 Å². The minimum absolute atomic E-state index is 0. The zero-order valence-corrected chi connectivity index (χ0v) is 22.9. The van der Waals surface area contributed by atoms with Crippen molar-refractivity contribution < 1.29 is 20.8 Å². The fraction of sp³-hybridized carbons (Fsp3) is 0.407. The highest BCUT2D eigenvalue weighted by atomic mass is 32.1. The van der Waals surface area contributed by atoms with Gasteiger partial charge in [-0.25, -0.2) is 10.5 Å². The first-order valence-electron chi connectivity index (χ1n) is 12.6. The van der Waals surface area contributed by atoms with Crippen molar-refractivity contribution in [3.8, 4) is 11.4 Å². The molecule has 11 heteroatoms. The van der Waals surface area contributed by atoms with Gasteiger partial charge in [-0.1, -0.05) is 51.5 Å². The van der Waals surface area contributed by atoms with Crippen LogP contribution in [0.3, 0.4) is 0 Å². The maximum absolute atomic E-state index is 12.2. The van der Waals surface area contributed by atoms with E-state index in [1.807, 2.05) is 29.9 Å². The number of rotatable bonds is 6. The molecule has 0 radical (unpaired) electrons. The van der Waals surface area contributed by atoms with Gasteiger partial charge in [0.2, 0.25) is 0 Å². The summed E-state index contributed by atoms with van der Waals surface area (Å²) < 4.78 is 42.3. The predicted octanol–water partition coefficient (Wildman–Crippen LogP) is 7.17. The summed E-state index contributed by atoms with van der Waals surface area (Å²) in [5.41, 5.74) is 6.57. The third kappa shape index (κ3) is 7.84. The molecule has 1 aromatic heterocycles. The van der Waals surface area contributed by atoms with E-state index in [2.05, 4.69) is 53.5 Å². The summed E-state index contributed by atoms with van der Waals surface area (Å²) >= 11 is 4.94. The van der Waals surface area contributed by atoms with Crippen LogP contribution in [0.25, 0.3) is 11.3 Å². The molecule has 1 atom stereocenters. The Kier molecular flexibility index (Phi) is 9.98. The van der Waals surface area contributed by atoms with Crippen LogP contribution < -0.4 is 21.3 Å². The lowest BCUT2D eigenvalue weighted by Crippen LogP contribution is -2.34. The molecule has 1 unspecified atom stereocenters. The van der Waals surface area contributed by atoms with Gasteiger partial charge in [0.15, 0.2) is 10.9 Å². The van der Waals surface area contributed by atoms with Crippen molar-refractivity contribution in [3.63, 3.8) is 0 Å². The molecule has 0 aliphatic heterocycles.